The van der Waals surface area contributed by atoms with E-state index in [1.54, 1.807) is 36.4 Å². The Kier molecular flexibility index (Phi) is 5.27. The Labute approximate surface area is 132 Å². The van der Waals surface area contributed by atoms with Crippen LogP contribution in [0.2, 0.25) is 5.02 Å². The van der Waals surface area contributed by atoms with Gasteiger partial charge in [0.05, 0.1) is 18.2 Å². The number of nitrogens with one attached hydrogen (secondary N) is 1. The summed E-state index contributed by atoms with van der Waals surface area (Å²) in [5.74, 6) is -1.24. The third-order valence-electron chi connectivity index (χ3n) is 2.84. The van der Waals surface area contributed by atoms with Crippen molar-refractivity contribution in [1.82, 2.24) is 5.43 Å². The highest BCUT2D eigenvalue weighted by Crippen LogP contribution is 2.09. The number of carboxylic acid groups (broad SMARTS) is 1. The Morgan fingerprint density at radius 1 is 1.09 bits per heavy atom. The fourth-order valence-corrected chi connectivity index (χ4v) is 1.84. The van der Waals surface area contributed by atoms with E-state index in [2.05, 4.69) is 10.5 Å². The lowest BCUT2D eigenvalue weighted by molar-refractivity contribution is -0.120. The number of hydrazone groups is 1. The molecule has 0 spiro atoms. The third kappa shape index (κ3) is 4.71. The first-order chi connectivity index (χ1) is 10.5. The van der Waals surface area contributed by atoms with Crippen molar-refractivity contribution in [2.75, 3.05) is 0 Å². The molecule has 2 N–H and O–H groups in total. The second kappa shape index (κ2) is 7.38. The molecule has 5 nitrogen and oxygen atoms in total. The second-order valence-electron chi connectivity index (χ2n) is 4.52. The Bertz CT molecular complexity index is 694. The van der Waals surface area contributed by atoms with Crippen LogP contribution in [0.1, 0.15) is 21.5 Å². The topological polar surface area (TPSA) is 78.8 Å². The third-order valence-corrected chi connectivity index (χ3v) is 3.09. The van der Waals surface area contributed by atoms with Crippen molar-refractivity contribution in [3.05, 3.63) is 70.2 Å². The van der Waals surface area contributed by atoms with E-state index in [1.807, 2.05) is 0 Å². The SMILES string of the molecule is O=C(Cc1ccc(Cl)cc1)NN=Cc1ccc(C(=O)O)cc1. The highest BCUT2D eigenvalue weighted by Gasteiger charge is 2.02. The lowest BCUT2D eigenvalue weighted by atomic mass is 10.1. The molecule has 0 radical (unpaired) electrons. The number of halogens is 1. The van der Waals surface area contributed by atoms with Crippen LogP contribution in [0.15, 0.2) is 53.6 Å². The number of amides is 1. The summed E-state index contributed by atoms with van der Waals surface area (Å²) in [4.78, 5) is 22.4. The van der Waals surface area contributed by atoms with Crippen molar-refractivity contribution in [3.8, 4) is 0 Å². The van der Waals surface area contributed by atoms with Crippen LogP contribution < -0.4 is 5.43 Å². The molecule has 0 atom stereocenters. The summed E-state index contributed by atoms with van der Waals surface area (Å²) in [5, 5.41) is 13.2. The summed E-state index contributed by atoms with van der Waals surface area (Å²) in [6.07, 6.45) is 1.65. The number of rotatable bonds is 5. The lowest BCUT2D eigenvalue weighted by Crippen LogP contribution is -2.19. The Morgan fingerprint density at radius 3 is 2.32 bits per heavy atom. The number of hydrogen-bond acceptors (Lipinski definition) is 3. The van der Waals surface area contributed by atoms with Crippen LogP contribution in [-0.2, 0) is 11.2 Å². The average molecular weight is 317 g/mol. The largest absolute Gasteiger partial charge is 0.478 e. The van der Waals surface area contributed by atoms with Crippen LogP contribution in [0.25, 0.3) is 0 Å². The number of carbonyl (C=O) groups is 2. The molecule has 6 heteroatoms. The van der Waals surface area contributed by atoms with Gasteiger partial charge in [-0.15, -0.1) is 0 Å². The molecule has 2 aromatic rings. The van der Waals surface area contributed by atoms with E-state index in [4.69, 9.17) is 16.7 Å². The first-order valence-corrected chi connectivity index (χ1v) is 6.82. The predicted molar refractivity (Wildman–Crippen MR) is 84.3 cm³/mol. The monoisotopic (exact) mass is 316 g/mol. The van der Waals surface area contributed by atoms with Crippen molar-refractivity contribution in [1.29, 1.82) is 0 Å². The van der Waals surface area contributed by atoms with Crippen LogP contribution in [0.5, 0.6) is 0 Å². The van der Waals surface area contributed by atoms with Gasteiger partial charge in [-0.1, -0.05) is 35.9 Å². The predicted octanol–water partition coefficient (Wildman–Crippen LogP) is 2.73. The van der Waals surface area contributed by atoms with Crippen LogP contribution in [-0.4, -0.2) is 23.2 Å². The maximum atomic E-state index is 11.7. The summed E-state index contributed by atoms with van der Waals surface area (Å²) in [5.41, 5.74) is 4.14. The van der Waals surface area contributed by atoms with E-state index < -0.39 is 5.97 Å². The standard InChI is InChI=1S/C16H13ClN2O3/c17-14-7-3-11(4-8-14)9-15(20)19-18-10-12-1-5-13(6-2-12)16(21)22/h1-8,10H,9H2,(H,19,20)(H,21,22). The maximum Gasteiger partial charge on any atom is 0.335 e. The Morgan fingerprint density at radius 2 is 1.73 bits per heavy atom. The van der Waals surface area contributed by atoms with Gasteiger partial charge in [0, 0.05) is 5.02 Å². The van der Waals surface area contributed by atoms with Gasteiger partial charge in [-0.25, -0.2) is 10.2 Å². The smallest absolute Gasteiger partial charge is 0.335 e. The van der Waals surface area contributed by atoms with Crippen molar-refractivity contribution in [2.45, 2.75) is 6.42 Å². The minimum absolute atomic E-state index is 0.198. The first kappa shape index (κ1) is 15.7. The van der Waals surface area contributed by atoms with Gasteiger partial charge in [0.2, 0.25) is 5.91 Å². The summed E-state index contributed by atoms with van der Waals surface area (Å²) in [7, 11) is 0. The second-order valence-corrected chi connectivity index (χ2v) is 4.96. The molecule has 22 heavy (non-hydrogen) atoms. The van der Waals surface area contributed by atoms with Gasteiger partial charge < -0.3 is 5.11 Å². The van der Waals surface area contributed by atoms with Gasteiger partial charge >= 0.3 is 5.97 Å². The van der Waals surface area contributed by atoms with E-state index in [9.17, 15) is 9.59 Å². The molecule has 2 aromatic carbocycles. The number of hydrogen-bond donors (Lipinski definition) is 2. The van der Waals surface area contributed by atoms with Gasteiger partial charge in [-0.2, -0.15) is 5.10 Å². The molecule has 0 unspecified atom stereocenters. The Hall–Kier alpha value is -2.66. The van der Waals surface area contributed by atoms with Gasteiger partial charge in [-0.05, 0) is 35.4 Å². The molecule has 0 heterocycles. The van der Waals surface area contributed by atoms with Crippen LogP contribution in [0.3, 0.4) is 0 Å². The fraction of sp³-hybridized carbons (Fsp3) is 0.0625. The number of carboxylic acids is 1. The highest BCUT2D eigenvalue weighted by molar-refractivity contribution is 6.30. The van der Waals surface area contributed by atoms with Crippen molar-refractivity contribution < 1.29 is 14.7 Å². The molecule has 1 amide bonds. The van der Waals surface area contributed by atoms with Crippen molar-refractivity contribution in [3.63, 3.8) is 0 Å². The fourth-order valence-electron chi connectivity index (χ4n) is 1.72. The zero-order valence-corrected chi connectivity index (χ0v) is 12.2. The maximum absolute atomic E-state index is 11.7. The molecular weight excluding hydrogens is 304 g/mol. The van der Waals surface area contributed by atoms with E-state index in [0.717, 1.165) is 5.56 Å². The van der Waals surface area contributed by atoms with Crippen LogP contribution >= 0.6 is 11.6 Å². The quantitative estimate of drug-likeness (QED) is 0.657. The van der Waals surface area contributed by atoms with E-state index in [-0.39, 0.29) is 17.9 Å². The lowest BCUT2D eigenvalue weighted by Gasteiger charge is -2.01. The molecule has 0 aliphatic rings. The number of aromatic carboxylic acids is 1. The molecule has 0 aliphatic heterocycles. The molecule has 0 saturated carbocycles. The molecular formula is C16H13ClN2O3. The molecule has 0 aliphatic carbocycles. The molecule has 0 aromatic heterocycles. The highest BCUT2D eigenvalue weighted by atomic mass is 35.5. The van der Waals surface area contributed by atoms with E-state index in [0.29, 0.717) is 10.6 Å². The van der Waals surface area contributed by atoms with Crippen LogP contribution in [0.4, 0.5) is 0 Å². The normalized spacial score (nSPS) is 10.6. The minimum atomic E-state index is -0.986. The van der Waals surface area contributed by atoms with Crippen LogP contribution in [0, 0.1) is 0 Å². The first-order valence-electron chi connectivity index (χ1n) is 6.44. The summed E-state index contributed by atoms with van der Waals surface area (Å²) in [6.45, 7) is 0. The van der Waals surface area contributed by atoms with Gasteiger partial charge in [0.15, 0.2) is 0 Å². The molecule has 112 valence electrons. The van der Waals surface area contributed by atoms with Crippen molar-refractivity contribution in [2.24, 2.45) is 5.10 Å². The zero-order chi connectivity index (χ0) is 15.9. The number of nitrogens with zero attached hydrogens (tertiary/aromatic N) is 1. The molecule has 0 fully saturated rings. The van der Waals surface area contributed by atoms with Gasteiger partial charge in [0.1, 0.15) is 0 Å². The minimum Gasteiger partial charge on any atom is -0.478 e. The van der Waals surface area contributed by atoms with Gasteiger partial charge in [0.25, 0.3) is 0 Å². The van der Waals surface area contributed by atoms with Crippen molar-refractivity contribution >= 4 is 29.7 Å². The summed E-state index contributed by atoms with van der Waals surface area (Å²) in [6, 6.07) is 13.1. The Balaban J connectivity index is 1.87. The average Bonchev–Trinajstić information content (AvgIpc) is 2.50. The molecule has 2 rings (SSSR count). The van der Waals surface area contributed by atoms with E-state index in [1.165, 1.54) is 18.3 Å². The van der Waals surface area contributed by atoms with Gasteiger partial charge in [-0.3, -0.25) is 4.79 Å². The number of carbonyl (C=O) groups excluding carboxylic acids is 1. The zero-order valence-electron chi connectivity index (χ0n) is 11.5. The summed E-state index contributed by atoms with van der Waals surface area (Å²) < 4.78 is 0. The number of benzene rings is 2. The molecule has 0 bridgehead atoms. The van der Waals surface area contributed by atoms with E-state index >= 15 is 0 Å². The summed E-state index contributed by atoms with van der Waals surface area (Å²) >= 11 is 5.77. The molecule has 0 saturated heterocycles.